The zero-order valence-corrected chi connectivity index (χ0v) is 15.7. The summed E-state index contributed by atoms with van der Waals surface area (Å²) < 4.78 is 0. The first kappa shape index (κ1) is 20.1. The highest BCUT2D eigenvalue weighted by molar-refractivity contribution is 7.15. The van der Waals surface area contributed by atoms with Crippen LogP contribution in [0, 0.1) is 15.5 Å². The molecular formula is C16H18N6O4S. The average molecular weight is 390 g/mol. The number of anilines is 1. The maximum atomic E-state index is 11.9. The Bertz CT molecular complexity index is 887. The van der Waals surface area contributed by atoms with Crippen molar-refractivity contribution in [1.29, 1.82) is 0 Å². The third-order valence-electron chi connectivity index (χ3n) is 3.16. The number of nitrogens with zero attached hydrogens (tertiary/aromatic N) is 4. The van der Waals surface area contributed by atoms with Gasteiger partial charge in [0.25, 0.3) is 5.69 Å². The normalized spacial score (nSPS) is 11.4. The van der Waals surface area contributed by atoms with E-state index in [-0.39, 0.29) is 18.0 Å². The van der Waals surface area contributed by atoms with Crippen LogP contribution in [0.5, 0.6) is 0 Å². The third-order valence-corrected chi connectivity index (χ3v) is 4.00. The van der Waals surface area contributed by atoms with Crippen molar-refractivity contribution in [2.24, 2.45) is 10.5 Å². The summed E-state index contributed by atoms with van der Waals surface area (Å²) in [5.74, 6) is -0.627. The van der Waals surface area contributed by atoms with Crippen LogP contribution in [0.4, 0.5) is 10.8 Å². The second kappa shape index (κ2) is 8.45. The van der Waals surface area contributed by atoms with Crippen molar-refractivity contribution in [1.82, 2.24) is 15.6 Å². The molecule has 0 unspecified atom stereocenters. The van der Waals surface area contributed by atoms with Crippen molar-refractivity contribution >= 4 is 40.2 Å². The lowest BCUT2D eigenvalue weighted by molar-refractivity contribution is -0.384. The van der Waals surface area contributed by atoms with Gasteiger partial charge >= 0.3 is 0 Å². The van der Waals surface area contributed by atoms with Crippen molar-refractivity contribution in [2.45, 2.75) is 27.2 Å². The van der Waals surface area contributed by atoms with E-state index in [2.05, 4.69) is 26.0 Å². The van der Waals surface area contributed by atoms with E-state index in [0.29, 0.717) is 15.7 Å². The predicted molar refractivity (Wildman–Crippen MR) is 101 cm³/mol. The highest BCUT2D eigenvalue weighted by Gasteiger charge is 2.22. The van der Waals surface area contributed by atoms with Crippen LogP contribution >= 0.6 is 11.3 Å². The summed E-state index contributed by atoms with van der Waals surface area (Å²) in [6.07, 6.45) is 1.25. The molecule has 2 N–H and O–H groups in total. The molecule has 11 heteroatoms. The number of non-ortho nitro benzene ring substituents is 1. The van der Waals surface area contributed by atoms with Gasteiger partial charge in [-0.3, -0.25) is 19.7 Å². The number of rotatable bonds is 6. The van der Waals surface area contributed by atoms with Crippen LogP contribution in [-0.2, 0) is 16.0 Å². The Kier molecular flexibility index (Phi) is 6.29. The van der Waals surface area contributed by atoms with Gasteiger partial charge in [0, 0.05) is 23.1 Å². The number of nitro benzene ring substituents is 1. The molecule has 1 aromatic carbocycles. The molecule has 1 heterocycles. The standard InChI is InChI=1S/C16H18N6O4S/c1-16(2,3)14(24)18-15-21-20-13(27-15)8-12(23)19-17-9-10-5-4-6-11(7-10)22(25)26/h4-7,9H,8H2,1-3H3,(H,19,23)(H,18,21,24). The molecule has 0 bridgehead atoms. The Morgan fingerprint density at radius 1 is 1.33 bits per heavy atom. The first-order valence-corrected chi connectivity index (χ1v) is 8.67. The summed E-state index contributed by atoms with van der Waals surface area (Å²) in [4.78, 5) is 34.0. The summed E-state index contributed by atoms with van der Waals surface area (Å²) in [5.41, 5.74) is 2.16. The summed E-state index contributed by atoms with van der Waals surface area (Å²) in [6.45, 7) is 5.32. The lowest BCUT2D eigenvalue weighted by Gasteiger charge is -2.15. The Hall–Kier alpha value is -3.21. The number of aromatic nitrogens is 2. The molecule has 10 nitrogen and oxygen atoms in total. The number of hydrogen-bond donors (Lipinski definition) is 2. The van der Waals surface area contributed by atoms with Crippen LogP contribution in [0.25, 0.3) is 0 Å². The van der Waals surface area contributed by atoms with Gasteiger partial charge < -0.3 is 5.32 Å². The Labute approximate surface area is 158 Å². The van der Waals surface area contributed by atoms with E-state index in [1.54, 1.807) is 26.8 Å². The molecule has 27 heavy (non-hydrogen) atoms. The van der Waals surface area contributed by atoms with E-state index in [4.69, 9.17) is 0 Å². The van der Waals surface area contributed by atoms with Crippen molar-refractivity contribution in [3.63, 3.8) is 0 Å². The van der Waals surface area contributed by atoms with Gasteiger partial charge in [0.15, 0.2) is 0 Å². The number of benzene rings is 1. The minimum absolute atomic E-state index is 0.0602. The van der Waals surface area contributed by atoms with Crippen molar-refractivity contribution in [2.75, 3.05) is 5.32 Å². The smallest absolute Gasteiger partial charge is 0.270 e. The average Bonchev–Trinajstić information content (AvgIpc) is 3.01. The van der Waals surface area contributed by atoms with Crippen LogP contribution in [-0.4, -0.2) is 33.1 Å². The van der Waals surface area contributed by atoms with Crippen LogP contribution in [0.15, 0.2) is 29.4 Å². The maximum Gasteiger partial charge on any atom is 0.270 e. The SMILES string of the molecule is CC(C)(C)C(=O)Nc1nnc(CC(=O)NN=Cc2cccc([N+](=O)[O-])c2)s1. The quantitative estimate of drug-likeness (QED) is 0.440. The Balaban J connectivity index is 1.88. The van der Waals surface area contributed by atoms with Gasteiger partial charge in [-0.05, 0) is 0 Å². The zero-order chi connectivity index (χ0) is 20.0. The zero-order valence-electron chi connectivity index (χ0n) is 14.9. The van der Waals surface area contributed by atoms with Crippen molar-refractivity contribution in [3.8, 4) is 0 Å². The first-order chi connectivity index (χ1) is 12.6. The highest BCUT2D eigenvalue weighted by atomic mass is 32.1. The molecule has 0 fully saturated rings. The van der Waals surface area contributed by atoms with Crippen LogP contribution in [0.1, 0.15) is 31.3 Å². The predicted octanol–water partition coefficient (Wildman–Crippen LogP) is 2.12. The lowest BCUT2D eigenvalue weighted by Crippen LogP contribution is -2.27. The van der Waals surface area contributed by atoms with Gasteiger partial charge in [-0.1, -0.05) is 44.2 Å². The summed E-state index contributed by atoms with van der Waals surface area (Å²) >= 11 is 1.10. The summed E-state index contributed by atoms with van der Waals surface area (Å²) in [6, 6.07) is 5.85. The first-order valence-electron chi connectivity index (χ1n) is 7.85. The number of hydrogen-bond acceptors (Lipinski definition) is 8. The third kappa shape index (κ3) is 6.22. The Morgan fingerprint density at radius 2 is 2.07 bits per heavy atom. The molecule has 2 amide bonds. The molecule has 0 saturated carbocycles. The monoisotopic (exact) mass is 390 g/mol. The lowest BCUT2D eigenvalue weighted by atomic mass is 9.96. The fourth-order valence-electron chi connectivity index (χ4n) is 1.73. The molecule has 0 saturated heterocycles. The Morgan fingerprint density at radius 3 is 2.74 bits per heavy atom. The van der Waals surface area contributed by atoms with Crippen LogP contribution in [0.3, 0.4) is 0 Å². The molecular weight excluding hydrogens is 372 g/mol. The molecule has 0 aliphatic heterocycles. The number of hydrazone groups is 1. The van der Waals surface area contributed by atoms with Gasteiger partial charge in [-0.2, -0.15) is 5.10 Å². The largest absolute Gasteiger partial charge is 0.300 e. The molecule has 2 aromatic rings. The van der Waals surface area contributed by atoms with E-state index in [1.807, 2.05) is 0 Å². The number of amides is 2. The van der Waals surface area contributed by atoms with Gasteiger partial charge in [0.2, 0.25) is 16.9 Å². The van der Waals surface area contributed by atoms with E-state index >= 15 is 0 Å². The molecule has 1 aromatic heterocycles. The topological polar surface area (TPSA) is 139 Å². The minimum Gasteiger partial charge on any atom is -0.300 e. The van der Waals surface area contributed by atoms with E-state index < -0.39 is 16.2 Å². The van der Waals surface area contributed by atoms with Gasteiger partial charge in [0.05, 0.1) is 17.6 Å². The molecule has 2 rings (SSSR count). The second-order valence-corrected chi connectivity index (χ2v) is 7.59. The highest BCUT2D eigenvalue weighted by Crippen LogP contribution is 2.20. The van der Waals surface area contributed by atoms with E-state index in [1.165, 1.54) is 24.4 Å². The van der Waals surface area contributed by atoms with Gasteiger partial charge in [-0.15, -0.1) is 10.2 Å². The fraction of sp³-hybridized carbons (Fsp3) is 0.312. The minimum atomic E-state index is -0.565. The molecule has 0 spiro atoms. The number of carbonyl (C=O) groups excluding carboxylic acids is 2. The van der Waals surface area contributed by atoms with E-state index in [9.17, 15) is 19.7 Å². The molecule has 0 radical (unpaired) electrons. The summed E-state index contributed by atoms with van der Waals surface area (Å²) in [5, 5.41) is 25.5. The van der Waals surface area contributed by atoms with Gasteiger partial charge in [0.1, 0.15) is 5.01 Å². The molecule has 0 atom stereocenters. The van der Waals surface area contributed by atoms with Gasteiger partial charge in [-0.25, -0.2) is 5.43 Å². The van der Waals surface area contributed by atoms with Crippen molar-refractivity contribution in [3.05, 3.63) is 45.0 Å². The maximum absolute atomic E-state index is 11.9. The number of nitrogens with one attached hydrogen (secondary N) is 2. The molecule has 0 aliphatic rings. The van der Waals surface area contributed by atoms with E-state index in [0.717, 1.165) is 11.3 Å². The fourth-order valence-corrected chi connectivity index (χ4v) is 2.47. The second-order valence-electron chi connectivity index (χ2n) is 6.53. The molecule has 142 valence electrons. The number of carbonyl (C=O) groups is 2. The molecule has 0 aliphatic carbocycles. The number of nitro groups is 1. The van der Waals surface area contributed by atoms with Crippen molar-refractivity contribution < 1.29 is 14.5 Å². The van der Waals surface area contributed by atoms with Crippen LogP contribution in [0.2, 0.25) is 0 Å². The van der Waals surface area contributed by atoms with Crippen LogP contribution < -0.4 is 10.7 Å². The summed E-state index contributed by atoms with van der Waals surface area (Å²) in [7, 11) is 0.